The molecule has 1 aromatic carbocycles. The number of carbonyl (C=O) groups excluding carboxylic acids is 1. The van der Waals surface area contributed by atoms with Gasteiger partial charge in [-0.1, -0.05) is 6.07 Å². The van der Waals surface area contributed by atoms with Crippen molar-refractivity contribution in [2.75, 3.05) is 19.3 Å². The number of hydrogen-bond donors (Lipinski definition) is 1. The summed E-state index contributed by atoms with van der Waals surface area (Å²) in [6.45, 7) is 3.58. The zero-order valence-electron chi connectivity index (χ0n) is 13.1. The monoisotopic (exact) mass is 341 g/mol. The first-order chi connectivity index (χ1) is 10.6. The van der Waals surface area contributed by atoms with Crippen molar-refractivity contribution in [2.45, 2.75) is 31.0 Å². The van der Waals surface area contributed by atoms with Gasteiger partial charge in [-0.3, -0.25) is 4.79 Å². The molecule has 126 valence electrons. The van der Waals surface area contributed by atoms with Crippen molar-refractivity contribution in [1.29, 1.82) is 0 Å². The quantitative estimate of drug-likeness (QED) is 0.869. The van der Waals surface area contributed by atoms with Gasteiger partial charge < -0.3 is 14.7 Å². The fraction of sp³-hybridized carbons (Fsp3) is 0.467. The molecule has 1 fully saturated rings. The standard InChI is InChI=1S/C15H19NO6S/c1-9-4-5-11(23(3,20)21)6-12(9)14(17)16-7-10(2)22-13(8-16)15(18)19/h4-6,10,13H,7-8H2,1-3H3,(H,18,19)/t10-,13?/m1/s1. The fourth-order valence-electron chi connectivity index (χ4n) is 2.49. The molecule has 1 heterocycles. The molecule has 0 bridgehead atoms. The normalized spacial score (nSPS) is 22.0. The Balaban J connectivity index is 2.34. The Morgan fingerprint density at radius 3 is 2.52 bits per heavy atom. The number of aryl methyl sites for hydroxylation is 1. The summed E-state index contributed by atoms with van der Waals surface area (Å²) < 4.78 is 28.6. The van der Waals surface area contributed by atoms with E-state index in [9.17, 15) is 18.0 Å². The molecule has 1 unspecified atom stereocenters. The van der Waals surface area contributed by atoms with Gasteiger partial charge in [0, 0.05) is 18.4 Å². The summed E-state index contributed by atoms with van der Waals surface area (Å²) in [6.07, 6.45) is -0.420. The Kier molecular flexibility index (Phi) is 4.76. The van der Waals surface area contributed by atoms with Gasteiger partial charge in [0.2, 0.25) is 0 Å². The van der Waals surface area contributed by atoms with Gasteiger partial charge in [0.1, 0.15) is 0 Å². The van der Waals surface area contributed by atoms with E-state index in [-0.39, 0.29) is 23.5 Å². The second-order valence-electron chi connectivity index (χ2n) is 5.73. The maximum Gasteiger partial charge on any atom is 0.334 e. The van der Waals surface area contributed by atoms with Crippen LogP contribution in [0.25, 0.3) is 0 Å². The van der Waals surface area contributed by atoms with Crippen LogP contribution in [0.4, 0.5) is 0 Å². The van der Waals surface area contributed by atoms with Crippen molar-refractivity contribution >= 4 is 21.7 Å². The number of amides is 1. The second kappa shape index (κ2) is 6.29. The number of carbonyl (C=O) groups is 2. The number of rotatable bonds is 3. The van der Waals surface area contributed by atoms with E-state index >= 15 is 0 Å². The lowest BCUT2D eigenvalue weighted by Gasteiger charge is -2.35. The Labute approximate surface area is 134 Å². The Hall–Kier alpha value is -1.93. The highest BCUT2D eigenvalue weighted by Gasteiger charge is 2.33. The van der Waals surface area contributed by atoms with Crippen LogP contribution in [0.5, 0.6) is 0 Å². The largest absolute Gasteiger partial charge is 0.479 e. The number of benzene rings is 1. The van der Waals surface area contributed by atoms with Crippen molar-refractivity contribution in [1.82, 2.24) is 4.90 Å². The molecule has 0 spiro atoms. The van der Waals surface area contributed by atoms with Crippen LogP contribution in [0.1, 0.15) is 22.8 Å². The van der Waals surface area contributed by atoms with Crippen LogP contribution >= 0.6 is 0 Å². The Morgan fingerprint density at radius 2 is 1.96 bits per heavy atom. The van der Waals surface area contributed by atoms with E-state index in [2.05, 4.69) is 0 Å². The zero-order valence-corrected chi connectivity index (χ0v) is 14.0. The van der Waals surface area contributed by atoms with Gasteiger partial charge in [-0.05, 0) is 31.5 Å². The minimum atomic E-state index is -3.43. The van der Waals surface area contributed by atoms with Crippen LogP contribution in [0.15, 0.2) is 23.1 Å². The smallest absolute Gasteiger partial charge is 0.334 e. The zero-order chi connectivity index (χ0) is 17.4. The second-order valence-corrected chi connectivity index (χ2v) is 7.75. The van der Waals surface area contributed by atoms with Gasteiger partial charge in [-0.2, -0.15) is 0 Å². The SMILES string of the molecule is Cc1ccc(S(C)(=O)=O)cc1C(=O)N1CC(C(=O)O)O[C@H](C)C1. The molecule has 0 radical (unpaired) electrons. The number of nitrogens with zero attached hydrogens (tertiary/aromatic N) is 1. The molecule has 2 rings (SSSR count). The molecule has 1 amide bonds. The molecule has 1 aliphatic rings. The lowest BCUT2D eigenvalue weighted by atomic mass is 10.1. The number of morpholine rings is 1. The summed E-state index contributed by atoms with van der Waals surface area (Å²) in [5, 5.41) is 9.09. The van der Waals surface area contributed by atoms with Crippen LogP contribution in [0, 0.1) is 6.92 Å². The first kappa shape index (κ1) is 17.4. The highest BCUT2D eigenvalue weighted by Crippen LogP contribution is 2.20. The molecule has 8 heteroatoms. The summed E-state index contributed by atoms with van der Waals surface area (Å²) in [5.41, 5.74) is 0.889. The van der Waals surface area contributed by atoms with Gasteiger partial charge in [0.15, 0.2) is 15.9 Å². The van der Waals surface area contributed by atoms with Crippen LogP contribution in [-0.4, -0.2) is 61.9 Å². The highest BCUT2D eigenvalue weighted by atomic mass is 32.2. The summed E-state index contributed by atoms with van der Waals surface area (Å²) >= 11 is 0. The minimum absolute atomic E-state index is 0.0579. The molecule has 1 aromatic rings. The van der Waals surface area contributed by atoms with Gasteiger partial charge in [0.25, 0.3) is 5.91 Å². The van der Waals surface area contributed by atoms with Crippen molar-refractivity contribution < 1.29 is 27.9 Å². The van der Waals surface area contributed by atoms with Gasteiger partial charge in [0.05, 0.1) is 17.5 Å². The molecule has 1 aliphatic heterocycles. The van der Waals surface area contributed by atoms with Gasteiger partial charge >= 0.3 is 5.97 Å². The third kappa shape index (κ3) is 3.89. The lowest BCUT2D eigenvalue weighted by molar-refractivity contribution is -0.160. The molecular weight excluding hydrogens is 322 g/mol. The molecule has 23 heavy (non-hydrogen) atoms. The van der Waals surface area contributed by atoms with E-state index in [1.165, 1.54) is 17.0 Å². The van der Waals surface area contributed by atoms with Crippen LogP contribution in [0.3, 0.4) is 0 Å². The van der Waals surface area contributed by atoms with E-state index < -0.39 is 33.9 Å². The summed E-state index contributed by atoms with van der Waals surface area (Å²) in [4.78, 5) is 25.3. The number of hydrogen-bond acceptors (Lipinski definition) is 5. The van der Waals surface area contributed by atoms with Crippen LogP contribution in [-0.2, 0) is 19.4 Å². The van der Waals surface area contributed by atoms with Crippen molar-refractivity contribution in [3.63, 3.8) is 0 Å². The summed E-state index contributed by atoms with van der Waals surface area (Å²) in [7, 11) is -3.43. The molecule has 0 aromatic heterocycles. The average molecular weight is 341 g/mol. The first-order valence-electron chi connectivity index (χ1n) is 7.08. The number of carboxylic acids is 1. The average Bonchev–Trinajstić information content (AvgIpc) is 2.45. The van der Waals surface area contributed by atoms with E-state index in [0.717, 1.165) is 6.26 Å². The molecule has 1 N–H and O–H groups in total. The van der Waals surface area contributed by atoms with Gasteiger partial charge in [-0.15, -0.1) is 0 Å². The predicted molar refractivity (Wildman–Crippen MR) is 82.2 cm³/mol. The van der Waals surface area contributed by atoms with Gasteiger partial charge in [-0.25, -0.2) is 13.2 Å². The van der Waals surface area contributed by atoms with Crippen LogP contribution in [0.2, 0.25) is 0 Å². The molecule has 0 aliphatic carbocycles. The third-order valence-corrected chi connectivity index (χ3v) is 4.80. The van der Waals surface area contributed by atoms with E-state index in [0.29, 0.717) is 5.56 Å². The maximum absolute atomic E-state index is 12.7. The van der Waals surface area contributed by atoms with E-state index in [1.54, 1.807) is 19.9 Å². The highest BCUT2D eigenvalue weighted by molar-refractivity contribution is 7.90. The van der Waals surface area contributed by atoms with E-state index in [4.69, 9.17) is 9.84 Å². The van der Waals surface area contributed by atoms with E-state index in [1.807, 2.05) is 0 Å². The molecule has 1 saturated heterocycles. The molecule has 7 nitrogen and oxygen atoms in total. The minimum Gasteiger partial charge on any atom is -0.479 e. The third-order valence-electron chi connectivity index (χ3n) is 3.69. The molecular formula is C15H19NO6S. The summed E-state index contributed by atoms with van der Waals surface area (Å²) in [5.74, 6) is -1.52. The molecule has 0 saturated carbocycles. The lowest BCUT2D eigenvalue weighted by Crippen LogP contribution is -2.51. The Morgan fingerprint density at radius 1 is 1.30 bits per heavy atom. The van der Waals surface area contributed by atoms with Crippen molar-refractivity contribution in [2.24, 2.45) is 0 Å². The number of sulfone groups is 1. The van der Waals surface area contributed by atoms with Crippen molar-refractivity contribution in [3.8, 4) is 0 Å². The maximum atomic E-state index is 12.7. The predicted octanol–water partition coefficient (Wildman–Crippen LogP) is 0.713. The van der Waals surface area contributed by atoms with Crippen molar-refractivity contribution in [3.05, 3.63) is 29.3 Å². The number of carboxylic acid groups (broad SMARTS) is 1. The fourth-order valence-corrected chi connectivity index (χ4v) is 3.13. The topological polar surface area (TPSA) is 101 Å². The summed E-state index contributed by atoms with van der Waals surface area (Å²) in [6, 6.07) is 4.36. The van der Waals surface area contributed by atoms with Crippen LogP contribution < -0.4 is 0 Å². The molecule has 2 atom stereocenters. The Bertz CT molecular complexity index is 742. The first-order valence-corrected chi connectivity index (χ1v) is 8.97. The number of aliphatic carboxylic acids is 1. The number of ether oxygens (including phenoxy) is 1.